The molecule has 70 valence electrons. The Kier molecular flexibility index (Phi) is 4.00. The predicted octanol–water partition coefficient (Wildman–Crippen LogP) is 0.683. The summed E-state index contributed by atoms with van der Waals surface area (Å²) in [6.45, 7) is 1.47. The number of unbranched alkanes of at least 4 members (excludes halogenated alkanes) is 1. The van der Waals surface area contributed by atoms with Crippen LogP contribution in [-0.2, 0) is 18.0 Å². The fraction of sp³-hybridized carbons (Fsp3) is 0.556. The van der Waals surface area contributed by atoms with Gasteiger partial charge in [-0.25, -0.2) is 9.13 Å². The summed E-state index contributed by atoms with van der Waals surface area (Å²) in [5.41, 5.74) is 0. The zero-order valence-electron chi connectivity index (χ0n) is 7.81. The molecular formula is C9H14N3O+. The van der Waals surface area contributed by atoms with Crippen molar-refractivity contribution in [2.75, 3.05) is 7.11 Å². The Hall–Kier alpha value is -1.34. The molecule has 0 N–H and O–H groups in total. The van der Waals surface area contributed by atoms with Crippen LogP contribution in [0.15, 0.2) is 18.7 Å². The maximum absolute atomic E-state index is 8.35. The molecule has 0 spiro atoms. The molecule has 0 amide bonds. The molecule has 4 heteroatoms. The molecule has 0 bridgehead atoms. The van der Waals surface area contributed by atoms with Crippen LogP contribution in [0.2, 0.25) is 0 Å². The van der Waals surface area contributed by atoms with Gasteiger partial charge in [-0.05, 0) is 6.42 Å². The van der Waals surface area contributed by atoms with Crippen molar-refractivity contribution in [2.24, 2.45) is 0 Å². The van der Waals surface area contributed by atoms with Gasteiger partial charge in [-0.3, -0.25) is 0 Å². The van der Waals surface area contributed by atoms with E-state index < -0.39 is 0 Å². The third-order valence-corrected chi connectivity index (χ3v) is 1.73. The van der Waals surface area contributed by atoms with Crippen molar-refractivity contribution in [3.8, 4) is 6.07 Å². The molecule has 1 heterocycles. The first kappa shape index (κ1) is 9.75. The smallest absolute Gasteiger partial charge is 0.245 e. The highest BCUT2D eigenvalue weighted by atomic mass is 16.5. The molecule has 13 heavy (non-hydrogen) atoms. The second-order valence-electron chi connectivity index (χ2n) is 2.85. The van der Waals surface area contributed by atoms with Crippen LogP contribution in [0.5, 0.6) is 0 Å². The number of nitrogens with zero attached hydrogens (tertiary/aromatic N) is 3. The first-order valence-electron chi connectivity index (χ1n) is 4.27. The van der Waals surface area contributed by atoms with Crippen molar-refractivity contribution in [1.29, 1.82) is 5.26 Å². The standard InChI is InChI=1S/C9H14N3O/c1-13-9-12-7-6-11(8-12)5-3-2-4-10/h6-8H,2-3,5,9H2,1H3/q+1. The zero-order valence-corrected chi connectivity index (χ0v) is 7.81. The van der Waals surface area contributed by atoms with Gasteiger partial charge in [0.05, 0.1) is 12.6 Å². The van der Waals surface area contributed by atoms with E-state index in [0.29, 0.717) is 13.2 Å². The van der Waals surface area contributed by atoms with Gasteiger partial charge >= 0.3 is 0 Å². The summed E-state index contributed by atoms with van der Waals surface area (Å²) in [6, 6.07) is 2.13. The first-order valence-corrected chi connectivity index (χ1v) is 4.27. The van der Waals surface area contributed by atoms with Crippen LogP contribution in [0.3, 0.4) is 0 Å². The van der Waals surface area contributed by atoms with Crippen molar-refractivity contribution in [1.82, 2.24) is 4.57 Å². The van der Waals surface area contributed by atoms with Crippen LogP contribution < -0.4 is 4.57 Å². The summed E-state index contributed by atoms with van der Waals surface area (Å²) in [7, 11) is 1.67. The van der Waals surface area contributed by atoms with E-state index in [1.54, 1.807) is 7.11 Å². The average Bonchev–Trinajstić information content (AvgIpc) is 2.54. The van der Waals surface area contributed by atoms with Gasteiger partial charge in [0, 0.05) is 13.5 Å². The van der Waals surface area contributed by atoms with Gasteiger partial charge in [-0.15, -0.1) is 0 Å². The number of hydrogen-bond acceptors (Lipinski definition) is 2. The second-order valence-corrected chi connectivity index (χ2v) is 2.85. The van der Waals surface area contributed by atoms with Crippen molar-refractivity contribution in [2.45, 2.75) is 26.1 Å². The number of rotatable bonds is 5. The summed E-state index contributed by atoms with van der Waals surface area (Å²) in [6.07, 6.45) is 7.42. The lowest BCUT2D eigenvalue weighted by Crippen LogP contribution is -2.31. The third-order valence-electron chi connectivity index (χ3n) is 1.73. The van der Waals surface area contributed by atoms with Gasteiger partial charge < -0.3 is 4.74 Å². The van der Waals surface area contributed by atoms with Crippen molar-refractivity contribution in [3.63, 3.8) is 0 Å². The van der Waals surface area contributed by atoms with Crippen LogP contribution in [0.1, 0.15) is 12.8 Å². The van der Waals surface area contributed by atoms with Crippen LogP contribution in [0.25, 0.3) is 0 Å². The number of nitriles is 1. The lowest BCUT2D eigenvalue weighted by Gasteiger charge is -1.92. The van der Waals surface area contributed by atoms with Crippen molar-refractivity contribution >= 4 is 0 Å². The number of imidazole rings is 1. The molecule has 0 saturated carbocycles. The molecule has 0 radical (unpaired) electrons. The molecule has 1 aromatic heterocycles. The van der Waals surface area contributed by atoms with E-state index in [-0.39, 0.29) is 0 Å². The maximum Gasteiger partial charge on any atom is 0.245 e. The van der Waals surface area contributed by atoms with Crippen LogP contribution >= 0.6 is 0 Å². The maximum atomic E-state index is 8.35. The largest absolute Gasteiger partial charge is 0.345 e. The SMILES string of the molecule is COC[n+]1ccn(CCCC#N)c1. The first-order chi connectivity index (χ1) is 6.36. The molecular weight excluding hydrogens is 166 g/mol. The third kappa shape index (κ3) is 3.26. The Morgan fingerprint density at radius 3 is 3.15 bits per heavy atom. The molecule has 1 aromatic rings. The minimum Gasteiger partial charge on any atom is -0.345 e. The van der Waals surface area contributed by atoms with E-state index in [4.69, 9.17) is 10.00 Å². The molecule has 0 aliphatic carbocycles. The highest BCUT2D eigenvalue weighted by Gasteiger charge is 2.01. The summed E-state index contributed by atoms with van der Waals surface area (Å²) in [5, 5.41) is 8.35. The average molecular weight is 180 g/mol. The number of hydrogen-bond donors (Lipinski definition) is 0. The highest BCUT2D eigenvalue weighted by molar-refractivity contribution is 4.71. The Bertz CT molecular complexity index is 287. The summed E-state index contributed by atoms with van der Waals surface area (Å²) in [4.78, 5) is 0. The van der Waals surface area contributed by atoms with E-state index in [2.05, 4.69) is 10.6 Å². The molecule has 0 atom stereocenters. The van der Waals surface area contributed by atoms with E-state index in [9.17, 15) is 0 Å². The van der Waals surface area contributed by atoms with E-state index in [1.165, 1.54) is 0 Å². The Morgan fingerprint density at radius 2 is 2.46 bits per heavy atom. The van der Waals surface area contributed by atoms with E-state index in [1.807, 2.05) is 23.3 Å². The molecule has 0 aliphatic heterocycles. The number of aromatic nitrogens is 2. The molecule has 0 unspecified atom stereocenters. The van der Waals surface area contributed by atoms with Gasteiger partial charge in [0.1, 0.15) is 12.4 Å². The highest BCUT2D eigenvalue weighted by Crippen LogP contribution is 1.92. The van der Waals surface area contributed by atoms with Gasteiger partial charge in [0.15, 0.2) is 6.73 Å². The number of methoxy groups -OCH3 is 1. The zero-order chi connectivity index (χ0) is 9.52. The topological polar surface area (TPSA) is 41.8 Å². The van der Waals surface area contributed by atoms with Gasteiger partial charge in [0.25, 0.3) is 0 Å². The van der Waals surface area contributed by atoms with Gasteiger partial charge in [0.2, 0.25) is 6.33 Å². The Balaban J connectivity index is 2.36. The van der Waals surface area contributed by atoms with Crippen LogP contribution in [0.4, 0.5) is 0 Å². The minimum absolute atomic E-state index is 0.575. The number of ether oxygens (including phenoxy) is 1. The minimum atomic E-state index is 0.575. The van der Waals surface area contributed by atoms with Crippen LogP contribution in [0, 0.1) is 11.3 Å². The second kappa shape index (κ2) is 5.33. The molecule has 0 aliphatic rings. The molecule has 4 nitrogen and oxygen atoms in total. The summed E-state index contributed by atoms with van der Waals surface area (Å²) < 4.78 is 8.97. The van der Waals surface area contributed by atoms with E-state index in [0.717, 1.165) is 13.0 Å². The fourth-order valence-electron chi connectivity index (χ4n) is 1.14. The van der Waals surface area contributed by atoms with E-state index >= 15 is 0 Å². The Morgan fingerprint density at radius 1 is 1.62 bits per heavy atom. The lowest BCUT2D eigenvalue weighted by molar-refractivity contribution is -0.730. The lowest BCUT2D eigenvalue weighted by atomic mass is 10.3. The van der Waals surface area contributed by atoms with Gasteiger partial charge in [-0.1, -0.05) is 0 Å². The monoisotopic (exact) mass is 180 g/mol. The number of aryl methyl sites for hydroxylation is 1. The predicted molar refractivity (Wildman–Crippen MR) is 46.5 cm³/mol. The Labute approximate surface area is 78.0 Å². The summed E-state index contributed by atoms with van der Waals surface area (Å²) >= 11 is 0. The van der Waals surface area contributed by atoms with Gasteiger partial charge in [-0.2, -0.15) is 5.26 Å². The quantitative estimate of drug-likeness (QED) is 0.494. The molecule has 0 aromatic carbocycles. The van der Waals surface area contributed by atoms with Crippen molar-refractivity contribution in [3.05, 3.63) is 18.7 Å². The molecule has 1 rings (SSSR count). The normalized spacial score (nSPS) is 9.85. The van der Waals surface area contributed by atoms with Crippen molar-refractivity contribution < 1.29 is 9.30 Å². The molecule has 0 saturated heterocycles. The van der Waals surface area contributed by atoms with Crippen LogP contribution in [-0.4, -0.2) is 11.7 Å². The summed E-state index contributed by atoms with van der Waals surface area (Å²) in [5.74, 6) is 0. The fourth-order valence-corrected chi connectivity index (χ4v) is 1.14. The molecule has 0 fully saturated rings.